The lowest BCUT2D eigenvalue weighted by Gasteiger charge is -2.24. The van der Waals surface area contributed by atoms with Crippen LogP contribution >= 0.6 is 7.60 Å². The molecule has 0 radical (unpaired) electrons. The Balaban J connectivity index is 4.78. The third-order valence-electron chi connectivity index (χ3n) is 2.04. The van der Waals surface area contributed by atoms with Crippen LogP contribution in [0, 0.1) is 10.1 Å². The van der Waals surface area contributed by atoms with Gasteiger partial charge in [-0.25, -0.2) is 0 Å². The average Bonchev–Trinajstić information content (AvgIpc) is 2.12. The quantitative estimate of drug-likeness (QED) is 0.416. The third-order valence-corrected chi connectivity index (χ3v) is 4.35. The van der Waals surface area contributed by atoms with Gasteiger partial charge in [0, 0.05) is 11.8 Å². The largest absolute Gasteiger partial charge is 0.385 e. The molecule has 0 aliphatic rings. The van der Waals surface area contributed by atoms with E-state index in [9.17, 15) is 19.8 Å². The van der Waals surface area contributed by atoms with Crippen molar-refractivity contribution in [2.75, 3.05) is 6.16 Å². The Morgan fingerprint density at radius 1 is 1.17 bits per heavy atom. The molecule has 0 aliphatic carbocycles. The molecule has 7 nitrogen and oxygen atoms in total. The number of rotatable bonds is 8. The second-order valence-electron chi connectivity index (χ2n) is 4.70. The van der Waals surface area contributed by atoms with Crippen molar-refractivity contribution in [1.82, 2.24) is 0 Å². The minimum atomic E-state index is -3.54. The molecule has 0 aromatic heterocycles. The van der Waals surface area contributed by atoms with Gasteiger partial charge in [0.2, 0.25) is 6.04 Å². The summed E-state index contributed by atoms with van der Waals surface area (Å²) in [4.78, 5) is 9.92. The number of nitro groups is 1. The standard InChI is InChI=1S/C10H22NO6P/c1-7(2)16-18(15,17-8(3)4)6-10(12)9(5)11(13)14/h7-10,12H,6H2,1-5H3. The van der Waals surface area contributed by atoms with Gasteiger partial charge in [-0.15, -0.1) is 0 Å². The molecule has 0 bridgehead atoms. The van der Waals surface area contributed by atoms with E-state index < -0.39 is 24.7 Å². The molecule has 1 N–H and O–H groups in total. The predicted molar refractivity (Wildman–Crippen MR) is 67.4 cm³/mol. The molecular weight excluding hydrogens is 261 g/mol. The van der Waals surface area contributed by atoms with Gasteiger partial charge in [0.1, 0.15) is 6.10 Å². The van der Waals surface area contributed by atoms with Gasteiger partial charge in [-0.2, -0.15) is 0 Å². The minimum Gasteiger partial charge on any atom is -0.385 e. The fourth-order valence-electron chi connectivity index (χ4n) is 1.28. The summed E-state index contributed by atoms with van der Waals surface area (Å²) in [5.41, 5.74) is 0. The van der Waals surface area contributed by atoms with Crippen LogP contribution in [0.3, 0.4) is 0 Å². The first-order valence-electron chi connectivity index (χ1n) is 5.85. The minimum absolute atomic E-state index is 0.354. The van der Waals surface area contributed by atoms with Crippen molar-refractivity contribution in [3.63, 3.8) is 0 Å². The molecule has 0 rings (SSSR count). The molecule has 108 valence electrons. The Morgan fingerprint density at radius 2 is 1.56 bits per heavy atom. The van der Waals surface area contributed by atoms with Gasteiger partial charge in [0.05, 0.1) is 18.4 Å². The smallest absolute Gasteiger partial charge is 0.334 e. The van der Waals surface area contributed by atoms with E-state index in [0.29, 0.717) is 0 Å². The van der Waals surface area contributed by atoms with Gasteiger partial charge in [0.25, 0.3) is 0 Å². The molecule has 2 atom stereocenters. The number of nitrogens with zero attached hydrogens (tertiary/aromatic N) is 1. The molecule has 18 heavy (non-hydrogen) atoms. The van der Waals surface area contributed by atoms with Gasteiger partial charge in [-0.1, -0.05) is 0 Å². The number of hydrogen-bond acceptors (Lipinski definition) is 6. The molecular formula is C10H22NO6P. The van der Waals surface area contributed by atoms with E-state index in [-0.39, 0.29) is 18.4 Å². The number of aliphatic hydroxyl groups excluding tert-OH is 1. The zero-order valence-corrected chi connectivity index (χ0v) is 12.3. The lowest BCUT2D eigenvalue weighted by Crippen LogP contribution is -2.34. The molecule has 0 aromatic carbocycles. The van der Waals surface area contributed by atoms with E-state index in [0.717, 1.165) is 0 Å². The third kappa shape index (κ3) is 6.44. The molecule has 0 aromatic rings. The van der Waals surface area contributed by atoms with E-state index in [2.05, 4.69) is 0 Å². The average molecular weight is 283 g/mol. The van der Waals surface area contributed by atoms with Crippen molar-refractivity contribution in [1.29, 1.82) is 0 Å². The van der Waals surface area contributed by atoms with Crippen molar-refractivity contribution in [3.05, 3.63) is 10.1 Å². The molecule has 0 fully saturated rings. The van der Waals surface area contributed by atoms with E-state index in [4.69, 9.17) is 9.05 Å². The molecule has 0 spiro atoms. The maximum absolute atomic E-state index is 12.3. The summed E-state index contributed by atoms with van der Waals surface area (Å²) in [5, 5.41) is 20.2. The normalized spacial score (nSPS) is 16.0. The highest BCUT2D eigenvalue weighted by Crippen LogP contribution is 2.51. The summed E-state index contributed by atoms with van der Waals surface area (Å²) in [6.07, 6.45) is -2.46. The molecule has 0 aliphatic heterocycles. The van der Waals surface area contributed by atoms with Crippen molar-refractivity contribution in [2.45, 2.75) is 59.0 Å². The van der Waals surface area contributed by atoms with Crippen molar-refractivity contribution < 1.29 is 23.6 Å². The maximum Gasteiger partial charge on any atom is 0.334 e. The van der Waals surface area contributed by atoms with Crippen molar-refractivity contribution in [3.8, 4) is 0 Å². The Hall–Kier alpha value is -0.490. The fraction of sp³-hybridized carbons (Fsp3) is 1.00. The predicted octanol–water partition coefficient (Wildman–Crippen LogP) is 2.06. The summed E-state index contributed by atoms with van der Waals surface area (Å²) in [5.74, 6) is 0. The van der Waals surface area contributed by atoms with Crippen LogP contribution in [-0.4, -0.2) is 40.5 Å². The fourth-order valence-corrected chi connectivity index (χ4v) is 3.55. The Bertz CT molecular complexity index is 305. The Morgan fingerprint density at radius 3 is 1.83 bits per heavy atom. The van der Waals surface area contributed by atoms with Crippen LogP contribution in [0.4, 0.5) is 0 Å². The van der Waals surface area contributed by atoms with E-state index in [1.54, 1.807) is 27.7 Å². The van der Waals surface area contributed by atoms with Crippen LogP contribution < -0.4 is 0 Å². The first-order chi connectivity index (χ1) is 8.07. The summed E-state index contributed by atoms with van der Waals surface area (Å²) in [6, 6.07) is -1.22. The SMILES string of the molecule is CC(C)OP(=O)(CC(O)C(C)[N+](=O)[O-])OC(C)C. The van der Waals surface area contributed by atoms with Crippen LogP contribution in [0.2, 0.25) is 0 Å². The van der Waals surface area contributed by atoms with Crippen LogP contribution in [0.15, 0.2) is 0 Å². The van der Waals surface area contributed by atoms with E-state index in [1.165, 1.54) is 6.92 Å². The summed E-state index contributed by atoms with van der Waals surface area (Å²) in [6.45, 7) is 7.97. The van der Waals surface area contributed by atoms with Crippen LogP contribution in [0.5, 0.6) is 0 Å². The zero-order chi connectivity index (χ0) is 14.5. The monoisotopic (exact) mass is 283 g/mol. The number of aliphatic hydroxyl groups is 1. The summed E-state index contributed by atoms with van der Waals surface area (Å²) < 4.78 is 22.7. The summed E-state index contributed by atoms with van der Waals surface area (Å²) in [7, 11) is -3.54. The highest BCUT2D eigenvalue weighted by Gasteiger charge is 2.36. The van der Waals surface area contributed by atoms with Gasteiger partial charge in [-0.3, -0.25) is 14.7 Å². The molecule has 2 unspecified atom stereocenters. The Labute approximate surface area is 107 Å². The van der Waals surface area contributed by atoms with Gasteiger partial charge < -0.3 is 14.2 Å². The topological polar surface area (TPSA) is 98.9 Å². The van der Waals surface area contributed by atoms with Crippen LogP contribution in [0.1, 0.15) is 34.6 Å². The van der Waals surface area contributed by atoms with E-state index in [1.807, 2.05) is 0 Å². The highest BCUT2D eigenvalue weighted by molar-refractivity contribution is 7.53. The lowest BCUT2D eigenvalue weighted by molar-refractivity contribution is -0.528. The molecule has 0 heterocycles. The van der Waals surface area contributed by atoms with Gasteiger partial charge in [0.15, 0.2) is 0 Å². The van der Waals surface area contributed by atoms with Crippen LogP contribution in [-0.2, 0) is 13.6 Å². The molecule has 0 saturated carbocycles. The molecule has 0 saturated heterocycles. The van der Waals surface area contributed by atoms with E-state index >= 15 is 0 Å². The second-order valence-corrected chi connectivity index (χ2v) is 6.70. The van der Waals surface area contributed by atoms with Crippen molar-refractivity contribution >= 4 is 7.60 Å². The van der Waals surface area contributed by atoms with Crippen molar-refractivity contribution in [2.24, 2.45) is 0 Å². The Kier molecular flexibility index (Phi) is 6.99. The maximum atomic E-state index is 12.3. The number of hydrogen-bond donors (Lipinski definition) is 1. The highest BCUT2D eigenvalue weighted by atomic mass is 31.2. The van der Waals surface area contributed by atoms with Gasteiger partial charge in [-0.05, 0) is 27.7 Å². The van der Waals surface area contributed by atoms with Crippen LogP contribution in [0.25, 0.3) is 0 Å². The molecule has 8 heteroatoms. The first-order valence-corrected chi connectivity index (χ1v) is 7.57. The first kappa shape index (κ1) is 17.5. The lowest BCUT2D eigenvalue weighted by atomic mass is 10.2. The summed E-state index contributed by atoms with van der Waals surface area (Å²) >= 11 is 0. The zero-order valence-electron chi connectivity index (χ0n) is 11.4. The second kappa shape index (κ2) is 7.19. The van der Waals surface area contributed by atoms with Gasteiger partial charge >= 0.3 is 7.60 Å². The molecule has 0 amide bonds.